The highest BCUT2D eigenvalue weighted by Gasteiger charge is 2.32. The van der Waals surface area contributed by atoms with Crippen LogP contribution < -0.4 is 5.32 Å². The summed E-state index contributed by atoms with van der Waals surface area (Å²) in [6.07, 6.45) is 0.00972. The van der Waals surface area contributed by atoms with E-state index in [1.54, 1.807) is 0 Å². The number of nitrogens with one attached hydrogen (secondary N) is 1. The van der Waals surface area contributed by atoms with Gasteiger partial charge in [0.15, 0.2) is 0 Å². The Balaban J connectivity index is 2.15. The van der Waals surface area contributed by atoms with Gasteiger partial charge >= 0.3 is 0 Å². The number of carbonyl (C=O) groups is 1. The lowest BCUT2D eigenvalue weighted by Crippen LogP contribution is -2.41. The molecule has 0 saturated carbocycles. The molecule has 0 bridgehead atoms. The van der Waals surface area contributed by atoms with Crippen molar-refractivity contribution in [3.63, 3.8) is 0 Å². The standard InChI is InChI=1S/C15H23N3O/c1-11-5-7-13(8-6-11)15-16-9-14(19)18(15)10-12(2)17(3)4/h5-8,12,15-16H,9-10H2,1-4H3. The van der Waals surface area contributed by atoms with Crippen LogP contribution in [0.5, 0.6) is 0 Å². The van der Waals surface area contributed by atoms with Crippen LogP contribution in [-0.2, 0) is 4.79 Å². The highest BCUT2D eigenvalue weighted by Crippen LogP contribution is 2.23. The quantitative estimate of drug-likeness (QED) is 0.889. The Kier molecular flexibility index (Phi) is 4.22. The number of amides is 1. The second-order valence-electron chi connectivity index (χ2n) is 5.55. The fourth-order valence-corrected chi connectivity index (χ4v) is 2.24. The number of benzene rings is 1. The Labute approximate surface area is 115 Å². The summed E-state index contributed by atoms with van der Waals surface area (Å²) in [5, 5.41) is 3.29. The number of carbonyl (C=O) groups excluding carboxylic acids is 1. The summed E-state index contributed by atoms with van der Waals surface area (Å²) in [6.45, 7) is 5.39. The van der Waals surface area contributed by atoms with E-state index in [2.05, 4.69) is 48.3 Å². The number of hydrogen-bond donors (Lipinski definition) is 1. The van der Waals surface area contributed by atoms with Gasteiger partial charge in [-0.2, -0.15) is 0 Å². The summed E-state index contributed by atoms with van der Waals surface area (Å²) in [7, 11) is 4.08. The normalized spacial score (nSPS) is 21.2. The van der Waals surface area contributed by atoms with Crippen LogP contribution in [0.15, 0.2) is 24.3 Å². The van der Waals surface area contributed by atoms with Crippen molar-refractivity contribution in [3.8, 4) is 0 Å². The Hall–Kier alpha value is -1.39. The fourth-order valence-electron chi connectivity index (χ4n) is 2.24. The molecule has 1 fully saturated rings. The predicted octanol–water partition coefficient (Wildman–Crippen LogP) is 1.38. The fraction of sp³-hybridized carbons (Fsp3) is 0.533. The van der Waals surface area contributed by atoms with Gasteiger partial charge in [0.25, 0.3) is 0 Å². The topological polar surface area (TPSA) is 35.6 Å². The molecule has 0 spiro atoms. The second kappa shape index (κ2) is 5.72. The van der Waals surface area contributed by atoms with E-state index in [0.717, 1.165) is 12.1 Å². The summed E-state index contributed by atoms with van der Waals surface area (Å²) in [5.74, 6) is 0.180. The molecule has 1 aromatic carbocycles. The maximum atomic E-state index is 12.0. The molecule has 1 amide bonds. The highest BCUT2D eigenvalue weighted by molar-refractivity contribution is 5.81. The third-order valence-electron chi connectivity index (χ3n) is 3.81. The zero-order valence-corrected chi connectivity index (χ0v) is 12.2. The SMILES string of the molecule is Cc1ccc(C2NCC(=O)N2CC(C)N(C)C)cc1. The van der Waals surface area contributed by atoms with E-state index in [1.165, 1.54) is 5.56 Å². The predicted molar refractivity (Wildman–Crippen MR) is 76.8 cm³/mol. The second-order valence-corrected chi connectivity index (χ2v) is 5.55. The molecule has 4 nitrogen and oxygen atoms in total. The minimum absolute atomic E-state index is 0.00972. The zero-order chi connectivity index (χ0) is 14.0. The van der Waals surface area contributed by atoms with E-state index < -0.39 is 0 Å². The first kappa shape index (κ1) is 14.0. The van der Waals surface area contributed by atoms with Gasteiger partial charge in [-0.15, -0.1) is 0 Å². The molecule has 1 aliphatic rings. The van der Waals surface area contributed by atoms with Gasteiger partial charge in [0, 0.05) is 12.6 Å². The van der Waals surface area contributed by atoms with Crippen molar-refractivity contribution in [3.05, 3.63) is 35.4 Å². The van der Waals surface area contributed by atoms with Gasteiger partial charge < -0.3 is 9.80 Å². The summed E-state index contributed by atoms with van der Waals surface area (Å²) < 4.78 is 0. The van der Waals surface area contributed by atoms with Gasteiger partial charge in [0.1, 0.15) is 6.17 Å². The molecule has 1 aromatic rings. The van der Waals surface area contributed by atoms with Crippen molar-refractivity contribution in [2.75, 3.05) is 27.2 Å². The minimum Gasteiger partial charge on any atom is -0.320 e. The third-order valence-corrected chi connectivity index (χ3v) is 3.81. The van der Waals surface area contributed by atoms with Crippen molar-refractivity contribution >= 4 is 5.91 Å². The maximum Gasteiger partial charge on any atom is 0.238 e. The zero-order valence-electron chi connectivity index (χ0n) is 12.2. The maximum absolute atomic E-state index is 12.0. The first-order chi connectivity index (χ1) is 8.99. The number of aryl methyl sites for hydroxylation is 1. The van der Waals surface area contributed by atoms with Crippen LogP contribution >= 0.6 is 0 Å². The molecule has 104 valence electrons. The highest BCUT2D eigenvalue weighted by atomic mass is 16.2. The molecule has 0 radical (unpaired) electrons. The van der Waals surface area contributed by atoms with Gasteiger partial charge in [0.05, 0.1) is 6.54 Å². The molecule has 1 aliphatic heterocycles. The minimum atomic E-state index is 0.00972. The molecule has 1 saturated heterocycles. The molecular weight excluding hydrogens is 238 g/mol. The number of hydrogen-bond acceptors (Lipinski definition) is 3. The van der Waals surface area contributed by atoms with Crippen LogP contribution in [0.2, 0.25) is 0 Å². The van der Waals surface area contributed by atoms with E-state index in [4.69, 9.17) is 0 Å². The first-order valence-corrected chi connectivity index (χ1v) is 6.75. The van der Waals surface area contributed by atoms with Gasteiger partial charge in [-0.1, -0.05) is 29.8 Å². The smallest absolute Gasteiger partial charge is 0.238 e. The van der Waals surface area contributed by atoms with Crippen LogP contribution in [0.3, 0.4) is 0 Å². The number of rotatable bonds is 4. The van der Waals surface area contributed by atoms with Crippen LogP contribution in [0, 0.1) is 6.92 Å². The molecular formula is C15H23N3O. The molecule has 1 N–H and O–H groups in total. The lowest BCUT2D eigenvalue weighted by molar-refractivity contribution is -0.128. The Morgan fingerprint density at radius 2 is 2.00 bits per heavy atom. The first-order valence-electron chi connectivity index (χ1n) is 6.75. The van der Waals surface area contributed by atoms with Crippen LogP contribution in [0.25, 0.3) is 0 Å². The summed E-state index contributed by atoms with van der Waals surface area (Å²) >= 11 is 0. The van der Waals surface area contributed by atoms with E-state index in [-0.39, 0.29) is 12.1 Å². The van der Waals surface area contributed by atoms with Crippen molar-refractivity contribution in [2.24, 2.45) is 0 Å². The Morgan fingerprint density at radius 3 is 2.58 bits per heavy atom. The van der Waals surface area contributed by atoms with Crippen molar-refractivity contribution < 1.29 is 4.79 Å². The Bertz CT molecular complexity index is 441. The molecule has 19 heavy (non-hydrogen) atoms. The summed E-state index contributed by atoms with van der Waals surface area (Å²) in [4.78, 5) is 16.1. The van der Waals surface area contributed by atoms with Crippen LogP contribution in [-0.4, -0.2) is 48.9 Å². The van der Waals surface area contributed by atoms with Gasteiger partial charge in [0.2, 0.25) is 5.91 Å². The summed E-state index contributed by atoms with van der Waals surface area (Å²) in [5.41, 5.74) is 2.39. The lowest BCUT2D eigenvalue weighted by Gasteiger charge is -2.30. The average Bonchev–Trinajstić information content (AvgIpc) is 2.72. The molecule has 2 unspecified atom stereocenters. The lowest BCUT2D eigenvalue weighted by atomic mass is 10.1. The molecule has 4 heteroatoms. The summed E-state index contributed by atoms with van der Waals surface area (Å²) in [6, 6.07) is 8.72. The van der Waals surface area contributed by atoms with E-state index in [9.17, 15) is 4.79 Å². The largest absolute Gasteiger partial charge is 0.320 e. The van der Waals surface area contributed by atoms with Crippen molar-refractivity contribution in [2.45, 2.75) is 26.1 Å². The number of likely N-dealkylation sites (N-methyl/N-ethyl adjacent to an activating group) is 1. The molecule has 2 atom stereocenters. The Morgan fingerprint density at radius 1 is 1.37 bits per heavy atom. The van der Waals surface area contributed by atoms with E-state index in [1.807, 2.05) is 19.0 Å². The molecule has 0 aromatic heterocycles. The monoisotopic (exact) mass is 261 g/mol. The van der Waals surface area contributed by atoms with E-state index >= 15 is 0 Å². The molecule has 0 aliphatic carbocycles. The van der Waals surface area contributed by atoms with Crippen LogP contribution in [0.4, 0.5) is 0 Å². The van der Waals surface area contributed by atoms with Crippen molar-refractivity contribution in [1.29, 1.82) is 0 Å². The number of nitrogens with zero attached hydrogens (tertiary/aromatic N) is 2. The van der Waals surface area contributed by atoms with Crippen molar-refractivity contribution in [1.82, 2.24) is 15.1 Å². The van der Waals surface area contributed by atoms with Crippen LogP contribution in [0.1, 0.15) is 24.2 Å². The third kappa shape index (κ3) is 3.14. The van der Waals surface area contributed by atoms with Gasteiger partial charge in [-0.25, -0.2) is 0 Å². The van der Waals surface area contributed by atoms with Gasteiger partial charge in [-0.3, -0.25) is 10.1 Å². The molecule has 2 rings (SSSR count). The average molecular weight is 261 g/mol. The van der Waals surface area contributed by atoms with Gasteiger partial charge in [-0.05, 0) is 33.5 Å². The van der Waals surface area contributed by atoms with E-state index in [0.29, 0.717) is 12.6 Å². The molecule has 1 heterocycles.